The lowest BCUT2D eigenvalue weighted by Gasteiger charge is -2.56. The number of ketones is 1. The van der Waals surface area contributed by atoms with Gasteiger partial charge in [0.1, 0.15) is 12.2 Å². The number of hydrogen-bond donors (Lipinski definition) is 2. The first-order valence-electron chi connectivity index (χ1n) is 10.4. The number of hydrogen-bond acceptors (Lipinski definition) is 3. The molecule has 0 amide bonds. The molecule has 4 saturated carbocycles. The molecular formula is C22H31ClO3. The SMILES string of the molecule is C[C@]12CC[C@H]3[C@@H](CC[C@@H]4C[C@](O)(C#CCl)CC[C@@H]43)[C@@H]1CC[C@@H]2C(=O)CO. The molecule has 0 aromatic rings. The van der Waals surface area contributed by atoms with Gasteiger partial charge in [0.05, 0.1) is 0 Å². The summed E-state index contributed by atoms with van der Waals surface area (Å²) in [6.45, 7) is 2.02. The molecule has 0 bridgehead atoms. The van der Waals surface area contributed by atoms with E-state index in [1.165, 1.54) is 19.3 Å². The summed E-state index contributed by atoms with van der Waals surface area (Å²) in [5.74, 6) is 6.31. The van der Waals surface area contributed by atoms with Crippen molar-refractivity contribution in [2.24, 2.45) is 40.9 Å². The fraction of sp³-hybridized carbons (Fsp3) is 0.864. The van der Waals surface area contributed by atoms with E-state index in [9.17, 15) is 15.0 Å². The highest BCUT2D eigenvalue weighted by molar-refractivity contribution is 6.30. The third-order valence-electron chi connectivity index (χ3n) is 8.83. The van der Waals surface area contributed by atoms with Crippen molar-refractivity contribution in [2.75, 3.05) is 6.61 Å². The average molecular weight is 379 g/mol. The van der Waals surface area contributed by atoms with Crippen LogP contribution in [0.4, 0.5) is 0 Å². The first-order valence-corrected chi connectivity index (χ1v) is 10.8. The topological polar surface area (TPSA) is 57.5 Å². The van der Waals surface area contributed by atoms with Crippen LogP contribution in [0.25, 0.3) is 0 Å². The van der Waals surface area contributed by atoms with Crippen molar-refractivity contribution < 1.29 is 15.0 Å². The number of fused-ring (bicyclic) bond motifs is 5. The average Bonchev–Trinajstić information content (AvgIpc) is 2.98. The zero-order valence-electron chi connectivity index (χ0n) is 15.7. The summed E-state index contributed by atoms with van der Waals surface area (Å²) >= 11 is 5.57. The first kappa shape index (κ1) is 18.8. The fourth-order valence-electron chi connectivity index (χ4n) is 7.72. The molecule has 0 spiro atoms. The number of halogens is 1. The van der Waals surface area contributed by atoms with E-state index in [-0.39, 0.29) is 23.7 Å². The molecule has 0 aliphatic heterocycles. The Hall–Kier alpha value is -0.560. The fourth-order valence-corrected chi connectivity index (χ4v) is 7.89. The van der Waals surface area contributed by atoms with Gasteiger partial charge in [-0.2, -0.15) is 0 Å². The second-order valence-corrected chi connectivity index (χ2v) is 9.92. The largest absolute Gasteiger partial charge is 0.389 e. The van der Waals surface area contributed by atoms with Gasteiger partial charge in [-0.05, 0) is 104 Å². The highest BCUT2D eigenvalue weighted by Crippen LogP contribution is 2.64. The molecule has 0 radical (unpaired) electrons. The van der Waals surface area contributed by atoms with Crippen LogP contribution in [0.1, 0.15) is 64.7 Å². The Morgan fingerprint density at radius 2 is 1.85 bits per heavy atom. The number of aliphatic hydroxyl groups is 2. The van der Waals surface area contributed by atoms with Gasteiger partial charge in [0.15, 0.2) is 5.78 Å². The van der Waals surface area contributed by atoms with Crippen LogP contribution in [-0.2, 0) is 4.79 Å². The van der Waals surface area contributed by atoms with Gasteiger partial charge in [0, 0.05) is 11.3 Å². The second-order valence-electron chi connectivity index (χ2n) is 9.73. The Kier molecular flexibility index (Phi) is 4.91. The molecule has 4 heteroatoms. The standard InChI is InChI=1S/C22H31ClO3/c1-21-8-6-16-15-7-9-22(26,10-11-23)12-14(15)2-3-17(16)18(21)4-5-19(21)20(25)13-24/h14-19,24,26H,2-9,12-13H2,1H3/t14-,15+,16-,17-,18+,19-,21+,22-/m1/s1. The van der Waals surface area contributed by atoms with Gasteiger partial charge in [-0.25, -0.2) is 0 Å². The molecule has 4 rings (SSSR count). The summed E-state index contributed by atoms with van der Waals surface area (Å²) in [6.07, 6.45) is 9.38. The molecule has 2 N–H and O–H groups in total. The van der Waals surface area contributed by atoms with Gasteiger partial charge in [-0.3, -0.25) is 4.79 Å². The normalized spacial score (nSPS) is 50.0. The molecule has 0 heterocycles. The monoisotopic (exact) mass is 378 g/mol. The Labute approximate surface area is 161 Å². The van der Waals surface area contributed by atoms with Gasteiger partial charge >= 0.3 is 0 Å². The summed E-state index contributed by atoms with van der Waals surface area (Å²) in [5.41, 5.74) is -0.793. The Morgan fingerprint density at radius 3 is 2.58 bits per heavy atom. The van der Waals surface area contributed by atoms with Crippen LogP contribution in [0, 0.1) is 52.2 Å². The van der Waals surface area contributed by atoms with Crippen LogP contribution in [0.3, 0.4) is 0 Å². The molecule has 0 saturated heterocycles. The molecule has 8 atom stereocenters. The molecule has 0 aromatic heterocycles. The van der Waals surface area contributed by atoms with Crippen LogP contribution in [-0.4, -0.2) is 28.2 Å². The van der Waals surface area contributed by atoms with E-state index in [1.54, 1.807) is 0 Å². The van der Waals surface area contributed by atoms with E-state index in [4.69, 9.17) is 11.6 Å². The lowest BCUT2D eigenvalue weighted by atomic mass is 9.49. The first-order chi connectivity index (χ1) is 12.4. The predicted molar refractivity (Wildman–Crippen MR) is 101 cm³/mol. The molecule has 0 unspecified atom stereocenters. The zero-order valence-corrected chi connectivity index (χ0v) is 16.5. The highest BCUT2D eigenvalue weighted by atomic mass is 35.5. The maximum absolute atomic E-state index is 12.3. The number of carbonyl (C=O) groups excluding carboxylic acids is 1. The van der Waals surface area contributed by atoms with Crippen molar-refractivity contribution in [3.63, 3.8) is 0 Å². The Balaban J connectivity index is 1.52. The third-order valence-corrected chi connectivity index (χ3v) is 8.93. The van der Waals surface area contributed by atoms with E-state index >= 15 is 0 Å². The van der Waals surface area contributed by atoms with Crippen molar-refractivity contribution in [2.45, 2.75) is 70.3 Å². The van der Waals surface area contributed by atoms with E-state index in [0.717, 1.165) is 50.4 Å². The maximum atomic E-state index is 12.3. The van der Waals surface area contributed by atoms with Crippen molar-refractivity contribution in [3.8, 4) is 11.3 Å². The molecule has 4 aliphatic carbocycles. The lowest BCUT2D eigenvalue weighted by molar-refractivity contribution is -0.134. The smallest absolute Gasteiger partial charge is 0.161 e. The van der Waals surface area contributed by atoms with Crippen LogP contribution in [0.15, 0.2) is 0 Å². The Bertz CT molecular complexity index is 637. The maximum Gasteiger partial charge on any atom is 0.161 e. The number of aliphatic hydroxyl groups excluding tert-OH is 1. The molecule has 144 valence electrons. The number of carbonyl (C=O) groups is 1. The van der Waals surface area contributed by atoms with Crippen LogP contribution in [0.5, 0.6) is 0 Å². The zero-order chi connectivity index (χ0) is 18.5. The van der Waals surface area contributed by atoms with Crippen LogP contribution < -0.4 is 0 Å². The molecule has 4 aliphatic rings. The van der Waals surface area contributed by atoms with Gasteiger partial charge in [-0.15, -0.1) is 0 Å². The molecule has 0 aromatic carbocycles. The van der Waals surface area contributed by atoms with E-state index in [0.29, 0.717) is 17.8 Å². The molecule has 26 heavy (non-hydrogen) atoms. The van der Waals surface area contributed by atoms with Crippen LogP contribution >= 0.6 is 11.6 Å². The summed E-state index contributed by atoms with van der Waals surface area (Å²) in [6, 6.07) is 0. The van der Waals surface area contributed by atoms with Crippen molar-refractivity contribution in [1.82, 2.24) is 0 Å². The predicted octanol–water partition coefficient (Wildman–Crippen LogP) is 3.75. The summed E-state index contributed by atoms with van der Waals surface area (Å²) in [5, 5.41) is 22.5. The van der Waals surface area contributed by atoms with Gasteiger partial charge < -0.3 is 10.2 Å². The minimum absolute atomic E-state index is 0.0597. The quantitative estimate of drug-likeness (QED) is 0.719. The van der Waals surface area contributed by atoms with Crippen molar-refractivity contribution >= 4 is 17.4 Å². The van der Waals surface area contributed by atoms with E-state index in [2.05, 4.69) is 18.2 Å². The second kappa shape index (κ2) is 6.80. The molecule has 4 fully saturated rings. The van der Waals surface area contributed by atoms with Crippen LogP contribution in [0.2, 0.25) is 0 Å². The van der Waals surface area contributed by atoms with Gasteiger partial charge in [-0.1, -0.05) is 12.8 Å². The third kappa shape index (κ3) is 2.84. The molecular weight excluding hydrogens is 348 g/mol. The minimum Gasteiger partial charge on any atom is -0.389 e. The highest BCUT2D eigenvalue weighted by Gasteiger charge is 2.58. The van der Waals surface area contributed by atoms with E-state index < -0.39 is 5.60 Å². The van der Waals surface area contributed by atoms with E-state index in [1.807, 2.05) is 0 Å². The number of Topliss-reactive ketones (excluding diaryl/α,β-unsaturated/α-hetero) is 1. The summed E-state index contributed by atoms with van der Waals surface area (Å²) in [4.78, 5) is 12.3. The molecule has 3 nitrogen and oxygen atoms in total. The summed E-state index contributed by atoms with van der Waals surface area (Å²) in [7, 11) is 0. The number of rotatable bonds is 2. The Morgan fingerprint density at radius 1 is 1.08 bits per heavy atom. The van der Waals surface area contributed by atoms with Gasteiger partial charge in [0.2, 0.25) is 0 Å². The van der Waals surface area contributed by atoms with Gasteiger partial charge in [0.25, 0.3) is 0 Å². The summed E-state index contributed by atoms with van der Waals surface area (Å²) < 4.78 is 0. The van der Waals surface area contributed by atoms with Crippen molar-refractivity contribution in [3.05, 3.63) is 0 Å². The minimum atomic E-state index is -0.884. The van der Waals surface area contributed by atoms with Crippen molar-refractivity contribution in [1.29, 1.82) is 0 Å². The lowest BCUT2D eigenvalue weighted by Crippen LogP contribution is -2.51.